The molecule has 19 heavy (non-hydrogen) atoms. The van der Waals surface area contributed by atoms with Crippen molar-refractivity contribution >= 4 is 27.5 Å². The summed E-state index contributed by atoms with van der Waals surface area (Å²) < 4.78 is 13.8. The Kier molecular flexibility index (Phi) is 4.45. The molecule has 1 fully saturated rings. The van der Waals surface area contributed by atoms with Gasteiger partial charge in [-0.1, -0.05) is 6.92 Å². The molecule has 1 aliphatic heterocycles. The van der Waals surface area contributed by atoms with Gasteiger partial charge in [-0.15, -0.1) is 0 Å². The fraction of sp³-hybridized carbons (Fsp3) is 0.500. The minimum absolute atomic E-state index is 0.0107. The molecule has 2 N–H and O–H groups in total. The molecule has 0 aliphatic carbocycles. The molecular formula is C14H18BrFN2O. The fourth-order valence-corrected chi connectivity index (χ4v) is 3.06. The summed E-state index contributed by atoms with van der Waals surface area (Å²) >= 11 is 3.25. The van der Waals surface area contributed by atoms with Gasteiger partial charge in [0.1, 0.15) is 5.82 Å². The Bertz CT molecular complexity index is 493. The van der Waals surface area contributed by atoms with Gasteiger partial charge in [0.05, 0.1) is 11.3 Å². The average molecular weight is 329 g/mol. The van der Waals surface area contributed by atoms with Gasteiger partial charge in [-0.2, -0.15) is 0 Å². The van der Waals surface area contributed by atoms with Crippen molar-refractivity contribution in [2.45, 2.75) is 38.6 Å². The largest absolute Gasteiger partial charge is 0.396 e. The molecule has 5 heteroatoms. The maximum Gasteiger partial charge on any atom is 0.255 e. The lowest BCUT2D eigenvalue weighted by atomic mass is 9.99. The molecule has 3 nitrogen and oxygen atoms in total. The third-order valence-electron chi connectivity index (χ3n) is 3.68. The average Bonchev–Trinajstić information content (AvgIpc) is 2.42. The monoisotopic (exact) mass is 328 g/mol. The second-order valence-corrected chi connectivity index (χ2v) is 5.76. The lowest BCUT2D eigenvalue weighted by Gasteiger charge is -2.35. The van der Waals surface area contributed by atoms with Gasteiger partial charge < -0.3 is 10.6 Å². The molecule has 1 unspecified atom stereocenters. The molecule has 1 aromatic carbocycles. The smallest absolute Gasteiger partial charge is 0.255 e. The van der Waals surface area contributed by atoms with Crippen LogP contribution in [0, 0.1) is 5.82 Å². The minimum Gasteiger partial charge on any atom is -0.396 e. The summed E-state index contributed by atoms with van der Waals surface area (Å²) in [4.78, 5) is 14.5. The first kappa shape index (κ1) is 14.3. The van der Waals surface area contributed by atoms with Crippen molar-refractivity contribution in [2.24, 2.45) is 0 Å². The predicted molar refractivity (Wildman–Crippen MR) is 77.5 cm³/mol. The van der Waals surface area contributed by atoms with Gasteiger partial charge in [-0.3, -0.25) is 4.79 Å². The Hall–Kier alpha value is -1.10. The number of benzene rings is 1. The number of carbonyl (C=O) groups excluding carboxylic acids is 1. The molecule has 1 saturated heterocycles. The van der Waals surface area contributed by atoms with Crippen LogP contribution in [0.3, 0.4) is 0 Å². The lowest BCUT2D eigenvalue weighted by Crippen LogP contribution is -2.43. The Balaban J connectivity index is 2.30. The van der Waals surface area contributed by atoms with E-state index >= 15 is 0 Å². The number of hydrogen-bond donors (Lipinski definition) is 1. The summed E-state index contributed by atoms with van der Waals surface area (Å²) in [6, 6.07) is 2.95. The van der Waals surface area contributed by atoms with Crippen molar-refractivity contribution in [2.75, 3.05) is 12.3 Å². The molecule has 0 saturated carbocycles. The SMILES string of the molecule is CCC1CCCCN1C(=O)c1cc(N)c(F)cc1Br. The van der Waals surface area contributed by atoms with Gasteiger partial charge in [0.15, 0.2) is 0 Å². The van der Waals surface area contributed by atoms with Crippen LogP contribution in [0.25, 0.3) is 0 Å². The number of rotatable bonds is 2. The molecule has 0 spiro atoms. The van der Waals surface area contributed by atoms with Gasteiger partial charge in [-0.25, -0.2) is 4.39 Å². The van der Waals surface area contributed by atoms with Crippen molar-refractivity contribution in [3.8, 4) is 0 Å². The lowest BCUT2D eigenvalue weighted by molar-refractivity contribution is 0.0607. The normalized spacial score (nSPS) is 19.5. The van der Waals surface area contributed by atoms with E-state index in [9.17, 15) is 9.18 Å². The Morgan fingerprint density at radius 1 is 1.53 bits per heavy atom. The van der Waals surface area contributed by atoms with E-state index in [1.165, 1.54) is 12.1 Å². The first-order valence-electron chi connectivity index (χ1n) is 6.60. The highest BCUT2D eigenvalue weighted by atomic mass is 79.9. The van der Waals surface area contributed by atoms with E-state index in [1.807, 2.05) is 4.90 Å². The highest BCUT2D eigenvalue weighted by Gasteiger charge is 2.27. The number of anilines is 1. The van der Waals surface area contributed by atoms with Crippen LogP contribution in [0.1, 0.15) is 43.0 Å². The number of nitrogen functional groups attached to an aromatic ring is 1. The van der Waals surface area contributed by atoms with E-state index in [0.29, 0.717) is 10.0 Å². The number of halogens is 2. The van der Waals surface area contributed by atoms with E-state index < -0.39 is 5.82 Å². The molecule has 1 aromatic rings. The number of amides is 1. The fourth-order valence-electron chi connectivity index (χ4n) is 2.58. The third-order valence-corrected chi connectivity index (χ3v) is 4.33. The topological polar surface area (TPSA) is 46.3 Å². The number of hydrogen-bond acceptors (Lipinski definition) is 2. The van der Waals surface area contributed by atoms with Gasteiger partial charge in [-0.05, 0) is 53.7 Å². The third kappa shape index (κ3) is 2.91. The van der Waals surface area contributed by atoms with Crippen LogP contribution >= 0.6 is 15.9 Å². The maximum absolute atomic E-state index is 13.3. The van der Waals surface area contributed by atoms with Crippen LogP contribution in [0.4, 0.5) is 10.1 Å². The first-order valence-corrected chi connectivity index (χ1v) is 7.39. The summed E-state index contributed by atoms with van der Waals surface area (Å²) in [7, 11) is 0. The number of carbonyl (C=O) groups is 1. The predicted octanol–water partition coefficient (Wildman–Crippen LogP) is 3.58. The van der Waals surface area contributed by atoms with E-state index in [0.717, 1.165) is 32.2 Å². The molecule has 0 aromatic heterocycles. The maximum atomic E-state index is 13.3. The van der Waals surface area contributed by atoms with Crippen LogP contribution in [0.15, 0.2) is 16.6 Å². The number of nitrogens with two attached hydrogens (primary N) is 1. The second kappa shape index (κ2) is 5.90. The van der Waals surface area contributed by atoms with Crippen molar-refractivity contribution < 1.29 is 9.18 Å². The molecule has 104 valence electrons. The van der Waals surface area contributed by atoms with E-state index in [-0.39, 0.29) is 17.6 Å². The molecule has 0 radical (unpaired) electrons. The number of nitrogens with zero attached hydrogens (tertiary/aromatic N) is 1. The highest BCUT2D eigenvalue weighted by Crippen LogP contribution is 2.27. The minimum atomic E-state index is -0.505. The van der Waals surface area contributed by atoms with Gasteiger partial charge in [0, 0.05) is 17.1 Å². The second-order valence-electron chi connectivity index (χ2n) is 4.91. The summed E-state index contributed by atoms with van der Waals surface area (Å²) in [5.74, 6) is -0.570. The zero-order chi connectivity index (χ0) is 14.0. The van der Waals surface area contributed by atoms with Gasteiger partial charge >= 0.3 is 0 Å². The van der Waals surface area contributed by atoms with E-state index in [1.54, 1.807) is 0 Å². The zero-order valence-electron chi connectivity index (χ0n) is 11.0. The van der Waals surface area contributed by atoms with Gasteiger partial charge in [0.25, 0.3) is 5.91 Å². The molecule has 1 heterocycles. The summed E-state index contributed by atoms with van der Waals surface area (Å²) in [6.07, 6.45) is 4.17. The highest BCUT2D eigenvalue weighted by molar-refractivity contribution is 9.10. The van der Waals surface area contributed by atoms with Crippen molar-refractivity contribution in [1.29, 1.82) is 0 Å². The Morgan fingerprint density at radius 3 is 2.95 bits per heavy atom. The summed E-state index contributed by atoms with van der Waals surface area (Å²) in [5, 5.41) is 0. The van der Waals surface area contributed by atoms with Crippen LogP contribution < -0.4 is 5.73 Å². The zero-order valence-corrected chi connectivity index (χ0v) is 12.5. The summed E-state index contributed by atoms with van der Waals surface area (Å²) in [6.45, 7) is 2.85. The molecular weight excluding hydrogens is 311 g/mol. The Morgan fingerprint density at radius 2 is 2.26 bits per heavy atom. The summed E-state index contributed by atoms with van der Waals surface area (Å²) in [5.41, 5.74) is 6.01. The standard InChI is InChI=1S/C14H18BrFN2O/c1-2-9-5-3-4-6-18(9)14(19)10-7-13(17)12(16)8-11(10)15/h7-9H,2-6,17H2,1H3. The van der Waals surface area contributed by atoms with E-state index in [4.69, 9.17) is 5.73 Å². The van der Waals surface area contributed by atoms with Crippen LogP contribution in [-0.2, 0) is 0 Å². The Labute approximate surface area is 121 Å². The molecule has 1 atom stereocenters. The molecule has 0 bridgehead atoms. The van der Waals surface area contributed by atoms with Crippen molar-refractivity contribution in [3.63, 3.8) is 0 Å². The first-order chi connectivity index (χ1) is 9.04. The quantitative estimate of drug-likeness (QED) is 0.843. The van der Waals surface area contributed by atoms with Crippen molar-refractivity contribution in [3.05, 3.63) is 28.0 Å². The molecule has 1 aliphatic rings. The number of likely N-dealkylation sites (tertiary alicyclic amines) is 1. The van der Waals surface area contributed by atoms with Gasteiger partial charge in [0.2, 0.25) is 0 Å². The van der Waals surface area contributed by atoms with Crippen LogP contribution in [0.2, 0.25) is 0 Å². The molecule has 2 rings (SSSR count). The van der Waals surface area contributed by atoms with Crippen molar-refractivity contribution in [1.82, 2.24) is 4.90 Å². The van der Waals surface area contributed by atoms with E-state index in [2.05, 4.69) is 22.9 Å². The van der Waals surface area contributed by atoms with Crippen LogP contribution in [-0.4, -0.2) is 23.4 Å². The van der Waals surface area contributed by atoms with Crippen LogP contribution in [0.5, 0.6) is 0 Å². The number of piperidine rings is 1. The molecule has 1 amide bonds.